The number of rotatable bonds is 5. The molecule has 0 aliphatic rings. The molecule has 0 radical (unpaired) electrons. The van der Waals surface area contributed by atoms with Crippen LogP contribution in [0.3, 0.4) is 0 Å². The highest BCUT2D eigenvalue weighted by molar-refractivity contribution is 7.98. The Morgan fingerprint density at radius 2 is 1.96 bits per heavy atom. The van der Waals surface area contributed by atoms with E-state index in [9.17, 15) is 4.79 Å². The molecule has 0 bridgehead atoms. The van der Waals surface area contributed by atoms with Crippen LogP contribution >= 0.6 is 11.8 Å². The molecule has 0 saturated carbocycles. The first-order chi connectivity index (χ1) is 13.6. The number of nitrogen functional groups attached to an aromatic ring is 1. The van der Waals surface area contributed by atoms with E-state index in [4.69, 9.17) is 10.6 Å². The first-order valence-corrected chi connectivity index (χ1v) is 9.51. The van der Waals surface area contributed by atoms with E-state index in [2.05, 4.69) is 15.2 Å². The Bertz CT molecular complexity index is 1200. The Hall–Kier alpha value is -3.33. The Morgan fingerprint density at radius 3 is 2.71 bits per heavy atom. The Kier molecular flexibility index (Phi) is 4.74. The van der Waals surface area contributed by atoms with Crippen molar-refractivity contribution in [1.29, 1.82) is 0 Å². The lowest BCUT2D eigenvalue weighted by molar-refractivity contribution is 0.415. The summed E-state index contributed by atoms with van der Waals surface area (Å²) in [7, 11) is 1.61. The third kappa shape index (κ3) is 3.31. The van der Waals surface area contributed by atoms with Crippen molar-refractivity contribution in [2.24, 2.45) is 0 Å². The average molecular weight is 394 g/mol. The normalized spacial score (nSPS) is 11.1. The molecule has 4 rings (SSSR count). The van der Waals surface area contributed by atoms with Crippen LogP contribution in [0.5, 0.6) is 5.75 Å². The van der Waals surface area contributed by atoms with Crippen molar-refractivity contribution >= 4 is 17.4 Å². The molecule has 0 spiro atoms. The third-order valence-corrected chi connectivity index (χ3v) is 5.28. The fourth-order valence-corrected chi connectivity index (χ4v) is 3.58. The fraction of sp³-hybridized carbons (Fsp3) is 0.158. The van der Waals surface area contributed by atoms with E-state index in [0.717, 1.165) is 16.9 Å². The lowest BCUT2D eigenvalue weighted by atomic mass is 10.2. The molecule has 3 aromatic heterocycles. The van der Waals surface area contributed by atoms with Gasteiger partial charge in [-0.25, -0.2) is 9.66 Å². The highest BCUT2D eigenvalue weighted by Crippen LogP contribution is 2.25. The minimum atomic E-state index is -0.113. The van der Waals surface area contributed by atoms with E-state index in [-0.39, 0.29) is 5.56 Å². The number of aromatic nitrogens is 5. The summed E-state index contributed by atoms with van der Waals surface area (Å²) in [5, 5.41) is 8.88. The molecule has 2 N–H and O–H groups in total. The molecule has 8 nitrogen and oxygen atoms in total. The van der Waals surface area contributed by atoms with Gasteiger partial charge in [-0.05, 0) is 42.8 Å². The molecule has 28 heavy (non-hydrogen) atoms. The molecule has 0 fully saturated rings. The van der Waals surface area contributed by atoms with E-state index < -0.39 is 0 Å². The first-order valence-electron chi connectivity index (χ1n) is 8.52. The zero-order valence-corrected chi connectivity index (χ0v) is 16.2. The van der Waals surface area contributed by atoms with Crippen LogP contribution in [0, 0.1) is 6.92 Å². The van der Waals surface area contributed by atoms with Crippen LogP contribution < -0.4 is 16.1 Å². The third-order valence-electron chi connectivity index (χ3n) is 4.30. The number of fused-ring (bicyclic) bond motifs is 1. The number of nitrogens with two attached hydrogens (primary N) is 1. The molecule has 1 aromatic carbocycles. The molecule has 4 aromatic rings. The van der Waals surface area contributed by atoms with Crippen molar-refractivity contribution in [2.75, 3.05) is 13.0 Å². The highest BCUT2D eigenvalue weighted by atomic mass is 32.2. The van der Waals surface area contributed by atoms with Gasteiger partial charge in [0, 0.05) is 23.6 Å². The van der Waals surface area contributed by atoms with Gasteiger partial charge in [0.1, 0.15) is 11.4 Å². The number of nitrogens with zero attached hydrogens (tertiary/aromatic N) is 5. The van der Waals surface area contributed by atoms with Crippen LogP contribution in [0.4, 0.5) is 0 Å². The zero-order chi connectivity index (χ0) is 19.7. The molecular formula is C19H18N6O2S. The SMILES string of the molecule is COc1ccc(-c2nnc(SCc3cc(=O)n4cccc(C)c4n3)n2N)cc1. The lowest BCUT2D eigenvalue weighted by Crippen LogP contribution is -2.16. The van der Waals surface area contributed by atoms with Gasteiger partial charge >= 0.3 is 0 Å². The Balaban J connectivity index is 1.57. The molecule has 0 saturated heterocycles. The van der Waals surface area contributed by atoms with Gasteiger partial charge in [0.05, 0.1) is 12.8 Å². The largest absolute Gasteiger partial charge is 0.497 e. The molecule has 9 heteroatoms. The van der Waals surface area contributed by atoms with Gasteiger partial charge in [-0.15, -0.1) is 10.2 Å². The van der Waals surface area contributed by atoms with Crippen LogP contribution in [0.1, 0.15) is 11.3 Å². The summed E-state index contributed by atoms with van der Waals surface area (Å²) in [6, 6.07) is 12.7. The van der Waals surface area contributed by atoms with E-state index in [0.29, 0.717) is 28.1 Å². The Morgan fingerprint density at radius 1 is 1.18 bits per heavy atom. The number of methoxy groups -OCH3 is 1. The second-order valence-electron chi connectivity index (χ2n) is 6.16. The number of thioether (sulfide) groups is 1. The fourth-order valence-electron chi connectivity index (χ4n) is 2.83. The number of aryl methyl sites for hydroxylation is 1. The smallest absolute Gasteiger partial charge is 0.258 e. The van der Waals surface area contributed by atoms with E-state index >= 15 is 0 Å². The summed E-state index contributed by atoms with van der Waals surface area (Å²) in [6.45, 7) is 1.93. The van der Waals surface area contributed by atoms with Gasteiger partial charge in [-0.2, -0.15) is 0 Å². The molecule has 0 aliphatic heterocycles. The maximum atomic E-state index is 12.3. The summed E-state index contributed by atoms with van der Waals surface area (Å²) >= 11 is 1.38. The first kappa shape index (κ1) is 18.1. The number of hydrogen-bond donors (Lipinski definition) is 1. The zero-order valence-electron chi connectivity index (χ0n) is 15.4. The van der Waals surface area contributed by atoms with Crippen molar-refractivity contribution in [2.45, 2.75) is 17.8 Å². The predicted octanol–water partition coefficient (Wildman–Crippen LogP) is 2.28. The number of ether oxygens (including phenoxy) is 1. The minimum Gasteiger partial charge on any atom is -0.497 e. The second kappa shape index (κ2) is 7.35. The standard InChI is InChI=1S/C19H18N6O2S/c1-12-4-3-9-24-16(26)10-14(21-17(12)24)11-28-19-23-22-18(25(19)20)13-5-7-15(27-2)8-6-13/h3-10H,11,20H2,1-2H3. The number of benzene rings is 1. The quantitative estimate of drug-likeness (QED) is 0.409. The molecule has 0 aliphatic carbocycles. The highest BCUT2D eigenvalue weighted by Gasteiger charge is 2.13. The minimum absolute atomic E-state index is 0.113. The van der Waals surface area contributed by atoms with Crippen molar-refractivity contribution in [3.8, 4) is 17.1 Å². The van der Waals surface area contributed by atoms with Crippen LogP contribution in [-0.4, -0.2) is 31.4 Å². The maximum Gasteiger partial charge on any atom is 0.258 e. The van der Waals surface area contributed by atoms with E-state index in [1.807, 2.05) is 43.3 Å². The summed E-state index contributed by atoms with van der Waals surface area (Å²) in [5.41, 5.74) is 2.98. The van der Waals surface area contributed by atoms with Gasteiger partial charge in [0.2, 0.25) is 5.16 Å². The van der Waals surface area contributed by atoms with Crippen LogP contribution in [0.15, 0.2) is 58.6 Å². The monoisotopic (exact) mass is 394 g/mol. The molecular weight excluding hydrogens is 376 g/mol. The van der Waals surface area contributed by atoms with E-state index in [1.165, 1.54) is 26.9 Å². The maximum absolute atomic E-state index is 12.3. The number of pyridine rings is 1. The van der Waals surface area contributed by atoms with Crippen LogP contribution in [0.2, 0.25) is 0 Å². The summed E-state index contributed by atoms with van der Waals surface area (Å²) < 4.78 is 8.14. The predicted molar refractivity (Wildman–Crippen MR) is 108 cm³/mol. The van der Waals surface area contributed by atoms with E-state index in [1.54, 1.807) is 13.3 Å². The molecule has 0 unspecified atom stereocenters. The van der Waals surface area contributed by atoms with Crippen LogP contribution in [0.25, 0.3) is 17.0 Å². The topological polar surface area (TPSA) is 100 Å². The van der Waals surface area contributed by atoms with Crippen molar-refractivity contribution < 1.29 is 4.74 Å². The van der Waals surface area contributed by atoms with Gasteiger partial charge in [-0.3, -0.25) is 9.20 Å². The van der Waals surface area contributed by atoms with Gasteiger partial charge in [-0.1, -0.05) is 17.8 Å². The average Bonchev–Trinajstić information content (AvgIpc) is 3.08. The van der Waals surface area contributed by atoms with Crippen molar-refractivity contribution in [3.63, 3.8) is 0 Å². The summed E-state index contributed by atoms with van der Waals surface area (Å²) in [6.07, 6.45) is 1.71. The summed E-state index contributed by atoms with van der Waals surface area (Å²) in [4.78, 5) is 16.9. The summed E-state index contributed by atoms with van der Waals surface area (Å²) in [5.74, 6) is 7.93. The second-order valence-corrected chi connectivity index (χ2v) is 7.11. The molecule has 3 heterocycles. The van der Waals surface area contributed by atoms with Gasteiger partial charge in [0.15, 0.2) is 5.82 Å². The van der Waals surface area contributed by atoms with Crippen molar-refractivity contribution in [1.82, 2.24) is 24.3 Å². The van der Waals surface area contributed by atoms with Crippen molar-refractivity contribution in [3.05, 3.63) is 70.3 Å². The number of hydrogen-bond acceptors (Lipinski definition) is 7. The molecule has 0 atom stereocenters. The van der Waals surface area contributed by atoms with Gasteiger partial charge in [0.25, 0.3) is 5.56 Å². The van der Waals surface area contributed by atoms with Gasteiger partial charge < -0.3 is 10.6 Å². The molecule has 0 amide bonds. The lowest BCUT2D eigenvalue weighted by Gasteiger charge is -2.06. The molecule has 142 valence electrons. The van der Waals surface area contributed by atoms with Crippen LogP contribution in [-0.2, 0) is 5.75 Å². The Labute approximate surface area is 165 Å².